The van der Waals surface area contributed by atoms with Crippen LogP contribution in [0.4, 0.5) is 0 Å². The van der Waals surface area contributed by atoms with Crippen LogP contribution in [0.25, 0.3) is 0 Å². The van der Waals surface area contributed by atoms with Gasteiger partial charge in [0.2, 0.25) is 0 Å². The van der Waals surface area contributed by atoms with Crippen molar-refractivity contribution in [1.29, 1.82) is 0 Å². The largest absolute Gasteiger partial charge is 0.496 e. The van der Waals surface area contributed by atoms with Crippen LogP contribution in [0.15, 0.2) is 36.4 Å². The summed E-state index contributed by atoms with van der Waals surface area (Å²) in [5, 5.41) is 1.33. The summed E-state index contributed by atoms with van der Waals surface area (Å²) in [6.45, 7) is 2.02. The van der Waals surface area contributed by atoms with Crippen molar-refractivity contribution in [1.82, 2.24) is 5.43 Å². The molecule has 0 aromatic heterocycles. The quantitative estimate of drug-likeness (QED) is 0.644. The normalized spacial score (nSPS) is 12.2. The molecule has 0 heterocycles. The van der Waals surface area contributed by atoms with Crippen LogP contribution in [0.2, 0.25) is 10.0 Å². The lowest BCUT2D eigenvalue weighted by Crippen LogP contribution is -2.30. The van der Waals surface area contributed by atoms with E-state index in [1.807, 2.05) is 31.2 Å². The summed E-state index contributed by atoms with van der Waals surface area (Å²) in [6, 6.07) is 11.3. The number of methoxy groups -OCH3 is 1. The number of ether oxygens (including phenoxy) is 1. The first-order valence-corrected chi connectivity index (χ1v) is 7.35. The number of halogens is 2. The van der Waals surface area contributed by atoms with E-state index in [4.69, 9.17) is 33.8 Å². The number of hydrogen-bond acceptors (Lipinski definition) is 3. The average molecular weight is 325 g/mol. The maximum absolute atomic E-state index is 6.23. The molecule has 0 aliphatic rings. The SMILES string of the molecule is COc1cc(C)ccc1C(Cc1cc(Cl)ccc1Cl)NN. The van der Waals surface area contributed by atoms with E-state index < -0.39 is 0 Å². The lowest BCUT2D eigenvalue weighted by Gasteiger charge is -2.20. The molecule has 2 aromatic rings. The van der Waals surface area contributed by atoms with Gasteiger partial charge in [0.15, 0.2) is 0 Å². The van der Waals surface area contributed by atoms with Crippen LogP contribution in [-0.2, 0) is 6.42 Å². The highest BCUT2D eigenvalue weighted by atomic mass is 35.5. The van der Waals surface area contributed by atoms with Crippen LogP contribution >= 0.6 is 23.2 Å². The lowest BCUT2D eigenvalue weighted by atomic mass is 9.97. The number of hydrogen-bond donors (Lipinski definition) is 2. The highest BCUT2D eigenvalue weighted by Crippen LogP contribution is 2.31. The number of rotatable bonds is 5. The molecule has 2 aromatic carbocycles. The maximum atomic E-state index is 6.23. The van der Waals surface area contributed by atoms with Gasteiger partial charge in [0.05, 0.1) is 13.2 Å². The third-order valence-electron chi connectivity index (χ3n) is 3.40. The Morgan fingerprint density at radius 1 is 1.19 bits per heavy atom. The first-order valence-electron chi connectivity index (χ1n) is 6.59. The fourth-order valence-electron chi connectivity index (χ4n) is 2.28. The van der Waals surface area contributed by atoms with Crippen molar-refractivity contribution in [3.63, 3.8) is 0 Å². The van der Waals surface area contributed by atoms with Gasteiger partial charge in [0.25, 0.3) is 0 Å². The Bertz CT molecular complexity index is 632. The molecule has 5 heteroatoms. The molecule has 0 bridgehead atoms. The molecule has 0 saturated heterocycles. The summed E-state index contributed by atoms with van der Waals surface area (Å²) in [6.07, 6.45) is 0.620. The second kappa shape index (κ2) is 7.14. The van der Waals surface area contributed by atoms with E-state index in [9.17, 15) is 0 Å². The van der Waals surface area contributed by atoms with Crippen LogP contribution < -0.4 is 16.0 Å². The maximum Gasteiger partial charge on any atom is 0.123 e. The van der Waals surface area contributed by atoms with Crippen molar-refractivity contribution in [2.24, 2.45) is 5.84 Å². The average Bonchev–Trinajstić information content (AvgIpc) is 2.48. The standard InChI is InChI=1S/C16H18Cl2N2O/c1-10-3-5-13(16(7-10)21-2)15(20-19)9-11-8-12(17)4-6-14(11)18/h3-8,15,20H,9,19H2,1-2H3. The predicted molar refractivity (Wildman–Crippen MR) is 88.0 cm³/mol. The minimum Gasteiger partial charge on any atom is -0.496 e. The second-order valence-corrected chi connectivity index (χ2v) is 5.75. The van der Waals surface area contributed by atoms with Gasteiger partial charge >= 0.3 is 0 Å². The predicted octanol–water partition coefficient (Wildman–Crippen LogP) is 4.06. The van der Waals surface area contributed by atoms with Gasteiger partial charge in [-0.1, -0.05) is 35.3 Å². The van der Waals surface area contributed by atoms with Crippen LogP contribution in [-0.4, -0.2) is 7.11 Å². The van der Waals surface area contributed by atoms with E-state index in [1.54, 1.807) is 19.2 Å². The zero-order valence-electron chi connectivity index (χ0n) is 12.0. The minimum absolute atomic E-state index is 0.114. The van der Waals surface area contributed by atoms with Gasteiger partial charge < -0.3 is 4.74 Å². The molecule has 0 radical (unpaired) electrons. The summed E-state index contributed by atoms with van der Waals surface area (Å²) in [7, 11) is 1.65. The molecule has 0 spiro atoms. The van der Waals surface area contributed by atoms with E-state index in [-0.39, 0.29) is 6.04 Å². The molecule has 0 aliphatic carbocycles. The number of hydrazine groups is 1. The fraction of sp³-hybridized carbons (Fsp3) is 0.250. The van der Waals surface area contributed by atoms with Crippen molar-refractivity contribution >= 4 is 23.2 Å². The smallest absolute Gasteiger partial charge is 0.123 e. The Hall–Kier alpha value is -1.26. The first kappa shape index (κ1) is 16.1. The number of benzene rings is 2. The third kappa shape index (κ3) is 3.89. The molecule has 1 atom stereocenters. The molecule has 0 aliphatic heterocycles. The molecular formula is C16H18Cl2N2O. The van der Waals surface area contributed by atoms with E-state index in [2.05, 4.69) is 5.43 Å². The Balaban J connectivity index is 2.34. The summed E-state index contributed by atoms with van der Waals surface area (Å²) < 4.78 is 5.45. The van der Waals surface area contributed by atoms with Gasteiger partial charge in [0.1, 0.15) is 5.75 Å². The lowest BCUT2D eigenvalue weighted by molar-refractivity contribution is 0.398. The molecule has 0 fully saturated rings. The van der Waals surface area contributed by atoms with Gasteiger partial charge in [-0.15, -0.1) is 0 Å². The van der Waals surface area contributed by atoms with E-state index in [0.29, 0.717) is 16.5 Å². The summed E-state index contributed by atoms with van der Waals surface area (Å²) in [5.41, 5.74) is 5.88. The van der Waals surface area contributed by atoms with E-state index >= 15 is 0 Å². The van der Waals surface area contributed by atoms with Gasteiger partial charge in [-0.25, -0.2) is 0 Å². The molecule has 0 amide bonds. The topological polar surface area (TPSA) is 47.3 Å². The Labute approximate surface area is 135 Å². The van der Waals surface area contributed by atoms with Crippen molar-refractivity contribution in [2.45, 2.75) is 19.4 Å². The number of nitrogens with one attached hydrogen (secondary N) is 1. The zero-order chi connectivity index (χ0) is 15.4. The Morgan fingerprint density at radius 2 is 1.95 bits per heavy atom. The van der Waals surface area contributed by atoms with Crippen molar-refractivity contribution in [2.75, 3.05) is 7.11 Å². The molecule has 112 valence electrons. The van der Waals surface area contributed by atoms with Gasteiger partial charge in [0, 0.05) is 15.6 Å². The summed E-state index contributed by atoms with van der Waals surface area (Å²) >= 11 is 12.3. The number of aryl methyl sites for hydroxylation is 1. The fourth-order valence-corrected chi connectivity index (χ4v) is 2.67. The minimum atomic E-state index is -0.114. The Morgan fingerprint density at radius 3 is 2.62 bits per heavy atom. The van der Waals surface area contributed by atoms with E-state index in [0.717, 1.165) is 22.4 Å². The summed E-state index contributed by atoms with van der Waals surface area (Å²) in [5.74, 6) is 6.52. The molecule has 3 nitrogen and oxygen atoms in total. The third-order valence-corrected chi connectivity index (χ3v) is 4.00. The highest BCUT2D eigenvalue weighted by molar-refractivity contribution is 6.33. The molecule has 3 N–H and O–H groups in total. The van der Waals surface area contributed by atoms with Crippen LogP contribution in [0.3, 0.4) is 0 Å². The van der Waals surface area contributed by atoms with Crippen LogP contribution in [0.1, 0.15) is 22.7 Å². The molecular weight excluding hydrogens is 307 g/mol. The highest BCUT2D eigenvalue weighted by Gasteiger charge is 2.17. The van der Waals surface area contributed by atoms with Gasteiger partial charge in [-0.3, -0.25) is 11.3 Å². The molecule has 0 saturated carbocycles. The Kier molecular flexibility index (Phi) is 5.48. The van der Waals surface area contributed by atoms with Gasteiger partial charge in [-0.2, -0.15) is 0 Å². The van der Waals surface area contributed by atoms with Crippen LogP contribution in [0.5, 0.6) is 5.75 Å². The van der Waals surface area contributed by atoms with Crippen LogP contribution in [0, 0.1) is 6.92 Å². The number of nitrogens with two attached hydrogens (primary N) is 1. The van der Waals surface area contributed by atoms with Crippen molar-refractivity contribution < 1.29 is 4.74 Å². The summed E-state index contributed by atoms with van der Waals surface area (Å²) in [4.78, 5) is 0. The van der Waals surface area contributed by atoms with Crippen molar-refractivity contribution in [3.05, 3.63) is 63.1 Å². The van der Waals surface area contributed by atoms with Crippen molar-refractivity contribution in [3.8, 4) is 5.75 Å². The zero-order valence-corrected chi connectivity index (χ0v) is 13.5. The molecule has 21 heavy (non-hydrogen) atoms. The second-order valence-electron chi connectivity index (χ2n) is 4.90. The van der Waals surface area contributed by atoms with E-state index in [1.165, 1.54) is 0 Å². The monoisotopic (exact) mass is 324 g/mol. The molecule has 1 unspecified atom stereocenters. The molecule has 2 rings (SSSR count). The first-order chi connectivity index (χ1) is 10.0. The van der Waals surface area contributed by atoms with Gasteiger partial charge in [-0.05, 0) is 48.7 Å².